The molecule has 48 heavy (non-hydrogen) atoms. The van der Waals surface area contributed by atoms with Gasteiger partial charge in [0.25, 0.3) is 0 Å². The zero-order valence-electron chi connectivity index (χ0n) is 27.3. The number of likely N-dealkylation sites (tertiary alicyclic amines) is 1. The summed E-state index contributed by atoms with van der Waals surface area (Å²) in [5.41, 5.74) is 1.61. The molecule has 2 atom stereocenters. The fourth-order valence-corrected chi connectivity index (χ4v) is 6.94. The van der Waals surface area contributed by atoms with Crippen LogP contribution >= 0.6 is 15.9 Å². The second kappa shape index (κ2) is 14.7. The summed E-state index contributed by atoms with van der Waals surface area (Å²) in [7, 11) is 0. The summed E-state index contributed by atoms with van der Waals surface area (Å²) in [5.74, 6) is -0.429. The van der Waals surface area contributed by atoms with Crippen LogP contribution in [0.4, 0.5) is 4.39 Å². The number of fused-ring (bicyclic) bond motifs is 4. The first-order valence-electron chi connectivity index (χ1n) is 16.5. The van der Waals surface area contributed by atoms with E-state index in [1.807, 2.05) is 12.1 Å². The van der Waals surface area contributed by atoms with Crippen LogP contribution < -0.4 is 0 Å². The maximum atomic E-state index is 16.4. The van der Waals surface area contributed by atoms with Crippen molar-refractivity contribution in [3.63, 3.8) is 0 Å². The third-order valence-corrected chi connectivity index (χ3v) is 9.58. The van der Waals surface area contributed by atoms with E-state index >= 15 is 4.39 Å². The van der Waals surface area contributed by atoms with Gasteiger partial charge in [-0.05, 0) is 59.8 Å². The number of ketones is 2. The van der Waals surface area contributed by atoms with E-state index in [2.05, 4.69) is 41.0 Å². The lowest BCUT2D eigenvalue weighted by molar-refractivity contribution is -0.138. The molecular formula is C35H39BrFN7O4. The maximum Gasteiger partial charge on any atom is 0.245 e. The predicted octanol–water partition coefficient (Wildman–Crippen LogP) is 5.59. The van der Waals surface area contributed by atoms with Crippen molar-refractivity contribution in [2.45, 2.75) is 89.9 Å². The van der Waals surface area contributed by atoms with E-state index in [0.717, 1.165) is 50.5 Å². The molecule has 11 nitrogen and oxygen atoms in total. The van der Waals surface area contributed by atoms with Gasteiger partial charge in [0.1, 0.15) is 22.7 Å². The smallest absolute Gasteiger partial charge is 0.245 e. The van der Waals surface area contributed by atoms with Crippen molar-refractivity contribution in [3.8, 4) is 11.3 Å². The zero-order valence-corrected chi connectivity index (χ0v) is 28.8. The van der Waals surface area contributed by atoms with Crippen LogP contribution in [0, 0.1) is 6.92 Å². The van der Waals surface area contributed by atoms with Gasteiger partial charge in [-0.3, -0.25) is 24.0 Å². The Balaban J connectivity index is 1.29. The number of Topliss-reactive ketones (excluding diaryl/α,β-unsaturated/α-hetero) is 2. The Morgan fingerprint density at radius 2 is 1.81 bits per heavy atom. The summed E-state index contributed by atoms with van der Waals surface area (Å²) < 4.78 is 24.2. The molecule has 0 unspecified atom stereocenters. The van der Waals surface area contributed by atoms with Gasteiger partial charge in [-0.1, -0.05) is 31.7 Å². The molecule has 0 N–H and O–H groups in total. The molecule has 252 valence electrons. The Hall–Kier alpha value is -3.97. The first-order chi connectivity index (χ1) is 23.1. The quantitative estimate of drug-likeness (QED) is 0.196. The van der Waals surface area contributed by atoms with Crippen molar-refractivity contribution < 1.29 is 23.5 Å². The zero-order chi connectivity index (χ0) is 33.8. The highest BCUT2D eigenvalue weighted by Gasteiger charge is 2.49. The number of halogens is 2. The molecule has 2 aliphatic rings. The van der Waals surface area contributed by atoms with E-state index in [-0.39, 0.29) is 49.8 Å². The molecule has 0 aliphatic carbocycles. The lowest BCUT2D eigenvalue weighted by Crippen LogP contribution is -2.43. The molecule has 13 heteroatoms. The van der Waals surface area contributed by atoms with Crippen molar-refractivity contribution in [2.75, 3.05) is 19.8 Å². The fourth-order valence-electron chi connectivity index (χ4n) is 6.59. The number of hydrogen-bond acceptors (Lipinski definition) is 9. The van der Waals surface area contributed by atoms with Crippen molar-refractivity contribution in [1.82, 2.24) is 34.6 Å². The Morgan fingerprint density at radius 1 is 1.06 bits per heavy atom. The van der Waals surface area contributed by atoms with Gasteiger partial charge in [0, 0.05) is 43.3 Å². The van der Waals surface area contributed by atoms with E-state index in [4.69, 9.17) is 4.74 Å². The van der Waals surface area contributed by atoms with Crippen LogP contribution in [0.15, 0.2) is 41.4 Å². The molecule has 1 amide bonds. The van der Waals surface area contributed by atoms with E-state index in [0.29, 0.717) is 44.9 Å². The van der Waals surface area contributed by atoms with E-state index in [1.165, 1.54) is 16.5 Å². The predicted molar refractivity (Wildman–Crippen MR) is 180 cm³/mol. The van der Waals surface area contributed by atoms with E-state index in [1.54, 1.807) is 31.6 Å². The number of alkyl halides is 1. The van der Waals surface area contributed by atoms with Crippen molar-refractivity contribution >= 4 is 44.3 Å². The van der Waals surface area contributed by atoms with Crippen molar-refractivity contribution in [3.05, 3.63) is 64.2 Å². The number of carbonyl (C=O) groups excluding carboxylic acids is 3. The molecule has 1 fully saturated rings. The molecule has 6 rings (SSSR count). The minimum Gasteiger partial charge on any atom is -0.378 e. The van der Waals surface area contributed by atoms with E-state index < -0.39 is 17.6 Å². The normalized spacial score (nSPS) is 21.2. The van der Waals surface area contributed by atoms with Crippen LogP contribution in [0.25, 0.3) is 22.2 Å². The van der Waals surface area contributed by atoms with Gasteiger partial charge >= 0.3 is 0 Å². The number of hydrogen-bond donors (Lipinski definition) is 0. The first-order valence-corrected chi connectivity index (χ1v) is 17.3. The average Bonchev–Trinajstić information content (AvgIpc) is 3.61. The number of rotatable bonds is 4. The van der Waals surface area contributed by atoms with Gasteiger partial charge in [-0.15, -0.1) is 0 Å². The van der Waals surface area contributed by atoms with Crippen molar-refractivity contribution in [2.24, 2.45) is 0 Å². The standard InChI is InChI=1S/C35H39BrFN7O4/c1-22(45)34-26-13-27(25-16-38-23(2)39-17-25)40-18-30(26)44(42-34)19-33(47)43-20-35(37)15-29(43)31(46)14-28-24(10-11-32(36)41-28)9-7-5-3-4-6-8-12-48-21-35/h10-11,13,16-18,29H,3-9,12,14-15,19-21H2,1-2H3/t29-,35+/m0/s1. The molecule has 0 saturated carbocycles. The van der Waals surface area contributed by atoms with Crippen LogP contribution in [-0.4, -0.2) is 83.6 Å². The number of ether oxygens (including phenoxy) is 1. The summed E-state index contributed by atoms with van der Waals surface area (Å²) in [5, 5.41) is 5.00. The van der Waals surface area contributed by atoms with Crippen LogP contribution in [-0.2, 0) is 33.7 Å². The number of carbonyl (C=O) groups is 3. The third-order valence-electron chi connectivity index (χ3n) is 9.13. The fraction of sp³-hybridized carbons (Fsp3) is 0.486. The molecule has 4 aromatic heterocycles. The van der Waals surface area contributed by atoms with Gasteiger partial charge in [0.05, 0.1) is 48.7 Å². The molecule has 0 spiro atoms. The van der Waals surface area contributed by atoms with Crippen LogP contribution in [0.3, 0.4) is 0 Å². The topological polar surface area (TPSA) is 133 Å². The SMILES string of the molecule is CC(=O)c1nn(CC(=O)N2C[C@@]3(F)COCCCCCCCCc4ccc(Br)nc4CC(=O)[C@@H]2C3)c2cnc(-c3cnc(C)nc3)cc12. The lowest BCUT2D eigenvalue weighted by atomic mass is 9.96. The van der Waals surface area contributed by atoms with Gasteiger partial charge in [0.2, 0.25) is 5.91 Å². The number of amides is 1. The molecule has 2 aliphatic heterocycles. The average molecular weight is 721 g/mol. The van der Waals surface area contributed by atoms with Gasteiger partial charge in [0.15, 0.2) is 17.2 Å². The highest BCUT2D eigenvalue weighted by molar-refractivity contribution is 9.10. The molecular weight excluding hydrogens is 681 g/mol. The maximum absolute atomic E-state index is 16.4. The number of aromatic nitrogens is 6. The van der Waals surface area contributed by atoms with Crippen LogP contribution in [0.1, 0.15) is 79.4 Å². The molecule has 4 aromatic rings. The Bertz CT molecular complexity index is 1830. The molecule has 2 bridgehead atoms. The molecule has 0 radical (unpaired) electrons. The minimum atomic E-state index is -1.89. The number of aryl methyl sites for hydroxylation is 2. The summed E-state index contributed by atoms with van der Waals surface area (Å²) in [6, 6.07) is 4.58. The summed E-state index contributed by atoms with van der Waals surface area (Å²) in [6.45, 7) is 2.83. The highest BCUT2D eigenvalue weighted by atomic mass is 79.9. The second-order valence-corrected chi connectivity index (χ2v) is 13.7. The lowest BCUT2D eigenvalue weighted by Gasteiger charge is -2.24. The number of nitrogens with zero attached hydrogens (tertiary/aromatic N) is 7. The number of pyridine rings is 2. The third kappa shape index (κ3) is 7.67. The van der Waals surface area contributed by atoms with Gasteiger partial charge in [-0.25, -0.2) is 19.3 Å². The summed E-state index contributed by atoms with van der Waals surface area (Å²) in [4.78, 5) is 59.5. The summed E-state index contributed by atoms with van der Waals surface area (Å²) in [6.07, 6.45) is 11.6. The van der Waals surface area contributed by atoms with Gasteiger partial charge < -0.3 is 9.64 Å². The van der Waals surface area contributed by atoms with Gasteiger partial charge in [-0.2, -0.15) is 5.10 Å². The largest absolute Gasteiger partial charge is 0.378 e. The van der Waals surface area contributed by atoms with Crippen molar-refractivity contribution in [1.29, 1.82) is 0 Å². The van der Waals surface area contributed by atoms with Crippen LogP contribution in [0.2, 0.25) is 0 Å². The van der Waals surface area contributed by atoms with Crippen LogP contribution in [0.5, 0.6) is 0 Å². The first kappa shape index (κ1) is 33.9. The van der Waals surface area contributed by atoms with E-state index in [9.17, 15) is 14.4 Å². The second-order valence-electron chi connectivity index (χ2n) is 12.9. The molecule has 0 aromatic carbocycles. The Kier molecular flexibility index (Phi) is 10.4. The summed E-state index contributed by atoms with van der Waals surface area (Å²) >= 11 is 3.43. The molecule has 6 heterocycles. The minimum absolute atomic E-state index is 0.0191. The Labute approximate surface area is 286 Å². The Morgan fingerprint density at radius 3 is 2.58 bits per heavy atom. The monoisotopic (exact) mass is 719 g/mol. The highest BCUT2D eigenvalue weighted by Crippen LogP contribution is 2.34. The molecule has 1 saturated heterocycles.